The fourth-order valence-electron chi connectivity index (χ4n) is 1.72. The lowest BCUT2D eigenvalue weighted by molar-refractivity contribution is -0.385. The summed E-state index contributed by atoms with van der Waals surface area (Å²) in [6.45, 7) is 1.57. The predicted octanol–water partition coefficient (Wildman–Crippen LogP) is 3.71. The minimum atomic E-state index is -0.677. The molecule has 0 aliphatic carbocycles. The first-order valence-electron chi connectivity index (χ1n) is 5.64. The highest BCUT2D eigenvalue weighted by Gasteiger charge is 2.13. The minimum absolute atomic E-state index is 0.0305. The molecule has 0 aromatic heterocycles. The number of halogens is 1. The van der Waals surface area contributed by atoms with Crippen molar-refractivity contribution in [1.29, 1.82) is 5.26 Å². The van der Waals surface area contributed by atoms with E-state index in [2.05, 4.69) is 0 Å². The van der Waals surface area contributed by atoms with Crippen molar-refractivity contribution in [3.05, 3.63) is 63.5 Å². The Morgan fingerprint density at radius 1 is 1.35 bits per heavy atom. The molecule has 0 atom stereocenters. The van der Waals surface area contributed by atoms with Gasteiger partial charge in [-0.05, 0) is 31.2 Å². The highest BCUT2D eigenvalue weighted by Crippen LogP contribution is 2.29. The van der Waals surface area contributed by atoms with Gasteiger partial charge in [0.1, 0.15) is 28.9 Å². The Morgan fingerprint density at radius 2 is 2.10 bits per heavy atom. The molecule has 0 N–H and O–H groups in total. The lowest BCUT2D eigenvalue weighted by atomic mass is 10.2. The maximum atomic E-state index is 13.4. The van der Waals surface area contributed by atoms with Crippen LogP contribution < -0.4 is 4.74 Å². The van der Waals surface area contributed by atoms with Gasteiger partial charge in [-0.3, -0.25) is 10.1 Å². The molecule has 0 radical (unpaired) electrons. The zero-order valence-corrected chi connectivity index (χ0v) is 10.5. The van der Waals surface area contributed by atoms with Crippen molar-refractivity contribution in [2.45, 2.75) is 6.92 Å². The number of benzene rings is 2. The summed E-state index contributed by atoms with van der Waals surface area (Å²) in [5.41, 5.74) is 0.183. The van der Waals surface area contributed by atoms with Crippen LogP contribution in [-0.2, 0) is 0 Å². The molecule has 2 aromatic rings. The molecule has 20 heavy (non-hydrogen) atoms. The fraction of sp³-hybridized carbons (Fsp3) is 0.0714. The number of hydrogen-bond acceptors (Lipinski definition) is 4. The van der Waals surface area contributed by atoms with Crippen LogP contribution in [0.5, 0.6) is 11.5 Å². The Kier molecular flexibility index (Phi) is 3.62. The normalized spacial score (nSPS) is 9.85. The molecule has 6 heteroatoms. The third-order valence-corrected chi connectivity index (χ3v) is 2.68. The summed E-state index contributed by atoms with van der Waals surface area (Å²) in [7, 11) is 0. The molecule has 0 aliphatic rings. The van der Waals surface area contributed by atoms with E-state index in [9.17, 15) is 14.5 Å². The predicted molar refractivity (Wildman–Crippen MR) is 69.0 cm³/mol. The van der Waals surface area contributed by atoms with Crippen molar-refractivity contribution in [3.63, 3.8) is 0 Å². The van der Waals surface area contributed by atoms with Crippen molar-refractivity contribution in [2.24, 2.45) is 0 Å². The van der Waals surface area contributed by atoms with Gasteiger partial charge >= 0.3 is 0 Å². The van der Waals surface area contributed by atoms with Crippen LogP contribution in [0.1, 0.15) is 11.1 Å². The highest BCUT2D eigenvalue weighted by molar-refractivity contribution is 5.49. The third-order valence-electron chi connectivity index (χ3n) is 2.68. The molecule has 0 heterocycles. The maximum absolute atomic E-state index is 13.4. The van der Waals surface area contributed by atoms with Gasteiger partial charge in [-0.15, -0.1) is 0 Å². The van der Waals surface area contributed by atoms with Gasteiger partial charge in [0.2, 0.25) is 0 Å². The zero-order chi connectivity index (χ0) is 14.7. The maximum Gasteiger partial charge on any atom is 0.272 e. The van der Waals surface area contributed by atoms with Gasteiger partial charge in [-0.1, -0.05) is 6.07 Å². The van der Waals surface area contributed by atoms with Gasteiger partial charge in [-0.2, -0.15) is 5.26 Å². The summed E-state index contributed by atoms with van der Waals surface area (Å²) in [4.78, 5) is 10.2. The second kappa shape index (κ2) is 5.36. The number of nitro benzene ring substituents is 1. The molecule has 5 nitrogen and oxygen atoms in total. The summed E-state index contributed by atoms with van der Waals surface area (Å²) < 4.78 is 18.8. The van der Waals surface area contributed by atoms with Crippen molar-refractivity contribution in [1.82, 2.24) is 0 Å². The van der Waals surface area contributed by atoms with E-state index in [1.165, 1.54) is 30.3 Å². The van der Waals surface area contributed by atoms with Crippen molar-refractivity contribution < 1.29 is 14.1 Å². The smallest absolute Gasteiger partial charge is 0.272 e. The number of aryl methyl sites for hydroxylation is 1. The Balaban J connectivity index is 2.37. The number of nitro groups is 1. The lowest BCUT2D eigenvalue weighted by Gasteiger charge is -2.08. The molecule has 0 bridgehead atoms. The number of ether oxygens (including phenoxy) is 1. The molecule has 0 fully saturated rings. The highest BCUT2D eigenvalue weighted by atomic mass is 19.1. The van der Waals surface area contributed by atoms with Crippen LogP contribution in [0, 0.1) is 34.2 Å². The van der Waals surface area contributed by atoms with E-state index in [1.807, 2.05) is 0 Å². The molecule has 100 valence electrons. The zero-order valence-electron chi connectivity index (χ0n) is 10.5. The summed E-state index contributed by atoms with van der Waals surface area (Å²) in [5.74, 6) is -0.306. The first kappa shape index (κ1) is 13.5. The largest absolute Gasteiger partial charge is 0.456 e. The first-order valence-corrected chi connectivity index (χ1v) is 5.64. The number of nitriles is 1. The van der Waals surface area contributed by atoms with Crippen LogP contribution >= 0.6 is 0 Å². The fourth-order valence-corrected chi connectivity index (χ4v) is 1.72. The molecule has 0 saturated heterocycles. The van der Waals surface area contributed by atoms with E-state index in [0.717, 1.165) is 6.07 Å². The average molecular weight is 272 g/mol. The van der Waals surface area contributed by atoms with Crippen LogP contribution in [0.3, 0.4) is 0 Å². The average Bonchev–Trinajstić information content (AvgIpc) is 2.38. The van der Waals surface area contributed by atoms with Crippen LogP contribution in [0.2, 0.25) is 0 Å². The molecule has 0 saturated carbocycles. The summed E-state index contributed by atoms with van der Waals surface area (Å²) in [6, 6.07) is 9.92. The monoisotopic (exact) mass is 272 g/mol. The lowest BCUT2D eigenvalue weighted by Crippen LogP contribution is -1.94. The third kappa shape index (κ3) is 2.57. The molecule has 0 unspecified atom stereocenters. The standard InChI is InChI=1S/C14H9FN2O3/c1-9-7-10(5-6-13(9)17(18)19)20-14-4-2-3-12(15)11(14)8-16/h2-7H,1H3. The first-order chi connectivity index (χ1) is 9.52. The van der Waals surface area contributed by atoms with Gasteiger partial charge in [0.15, 0.2) is 0 Å². The Labute approximate surface area is 114 Å². The summed E-state index contributed by atoms with van der Waals surface area (Å²) in [5, 5.41) is 19.6. The topological polar surface area (TPSA) is 76.2 Å². The Hall–Kier alpha value is -2.94. The molecule has 0 spiro atoms. The number of nitrogens with zero attached hydrogens (tertiary/aromatic N) is 2. The van der Waals surface area contributed by atoms with Crippen LogP contribution in [0.25, 0.3) is 0 Å². The molecular formula is C14H9FN2O3. The molecule has 2 rings (SSSR count). The Morgan fingerprint density at radius 3 is 2.70 bits per heavy atom. The number of hydrogen-bond donors (Lipinski definition) is 0. The van der Waals surface area contributed by atoms with Gasteiger partial charge in [-0.25, -0.2) is 4.39 Å². The SMILES string of the molecule is Cc1cc(Oc2cccc(F)c2C#N)ccc1[N+](=O)[O-]. The van der Waals surface area contributed by atoms with Crippen molar-refractivity contribution >= 4 is 5.69 Å². The van der Waals surface area contributed by atoms with E-state index in [-0.39, 0.29) is 17.0 Å². The van der Waals surface area contributed by atoms with Crippen molar-refractivity contribution in [2.75, 3.05) is 0 Å². The van der Waals surface area contributed by atoms with Crippen LogP contribution in [0.15, 0.2) is 36.4 Å². The quantitative estimate of drug-likeness (QED) is 0.630. The van der Waals surface area contributed by atoms with E-state index in [4.69, 9.17) is 10.00 Å². The summed E-state index contributed by atoms with van der Waals surface area (Å²) >= 11 is 0. The minimum Gasteiger partial charge on any atom is -0.456 e. The van der Waals surface area contributed by atoms with Crippen LogP contribution in [0.4, 0.5) is 10.1 Å². The van der Waals surface area contributed by atoms with Gasteiger partial charge < -0.3 is 4.74 Å². The van der Waals surface area contributed by atoms with Gasteiger partial charge in [0.05, 0.1) is 4.92 Å². The molecular weight excluding hydrogens is 263 g/mol. The molecule has 2 aromatic carbocycles. The second-order valence-corrected chi connectivity index (χ2v) is 4.03. The van der Waals surface area contributed by atoms with Crippen molar-refractivity contribution in [3.8, 4) is 17.6 Å². The van der Waals surface area contributed by atoms with E-state index in [0.29, 0.717) is 11.3 Å². The number of rotatable bonds is 3. The molecule has 0 aliphatic heterocycles. The van der Waals surface area contributed by atoms with E-state index < -0.39 is 10.7 Å². The van der Waals surface area contributed by atoms with Gasteiger partial charge in [0.25, 0.3) is 5.69 Å². The summed E-state index contributed by atoms with van der Waals surface area (Å²) in [6.07, 6.45) is 0. The van der Waals surface area contributed by atoms with Gasteiger partial charge in [0, 0.05) is 11.6 Å². The molecule has 0 amide bonds. The second-order valence-electron chi connectivity index (χ2n) is 4.03. The van der Waals surface area contributed by atoms with Crippen LogP contribution in [-0.4, -0.2) is 4.92 Å². The van der Waals surface area contributed by atoms with E-state index in [1.54, 1.807) is 13.0 Å². The Bertz CT molecular complexity index is 723. The van der Waals surface area contributed by atoms with E-state index >= 15 is 0 Å².